The van der Waals surface area contributed by atoms with Crippen LogP contribution in [-0.4, -0.2) is 47.9 Å². The molecular formula is C24H21F5N4O4S2. The first-order chi connectivity index (χ1) is 18.4. The molecule has 3 aromatic heterocycles. The second-order valence-corrected chi connectivity index (χ2v) is 11.5. The van der Waals surface area contributed by atoms with E-state index in [1.54, 1.807) is 24.7 Å². The number of ether oxygens (including phenoxy) is 1. The van der Waals surface area contributed by atoms with Crippen molar-refractivity contribution in [2.24, 2.45) is 0 Å². The molecule has 1 N–H and O–H groups in total. The summed E-state index contributed by atoms with van der Waals surface area (Å²) >= 11 is 0.989. The van der Waals surface area contributed by atoms with Gasteiger partial charge >= 0.3 is 15.6 Å². The molecule has 1 unspecified atom stereocenters. The Labute approximate surface area is 223 Å². The predicted octanol–water partition coefficient (Wildman–Crippen LogP) is 5.66. The molecule has 0 aliphatic carbocycles. The van der Waals surface area contributed by atoms with Gasteiger partial charge in [0.15, 0.2) is 0 Å². The van der Waals surface area contributed by atoms with Gasteiger partial charge in [-0.3, -0.25) is 4.68 Å². The summed E-state index contributed by atoms with van der Waals surface area (Å²) in [6, 6.07) is 2.93. The fourth-order valence-electron chi connectivity index (χ4n) is 4.32. The van der Waals surface area contributed by atoms with E-state index in [1.165, 1.54) is 17.6 Å². The summed E-state index contributed by atoms with van der Waals surface area (Å²) < 4.78 is 105. The van der Waals surface area contributed by atoms with Crippen LogP contribution in [0.3, 0.4) is 0 Å². The monoisotopic (exact) mass is 588 g/mol. The smallest absolute Gasteiger partial charge is 0.490 e. The summed E-state index contributed by atoms with van der Waals surface area (Å²) in [5.74, 6) is -2.91. The minimum atomic E-state index is -6.08. The minimum absolute atomic E-state index is 0.0172. The van der Waals surface area contributed by atoms with E-state index < -0.39 is 39.2 Å². The number of rotatable bonds is 7. The van der Waals surface area contributed by atoms with Gasteiger partial charge in [0.25, 0.3) is 0 Å². The van der Waals surface area contributed by atoms with Crippen LogP contribution in [0.25, 0.3) is 32.5 Å². The molecule has 0 saturated carbocycles. The second-order valence-electron chi connectivity index (χ2n) is 9.07. The van der Waals surface area contributed by atoms with Gasteiger partial charge in [-0.05, 0) is 38.3 Å². The largest absolute Gasteiger partial charge is 0.534 e. The van der Waals surface area contributed by atoms with E-state index in [2.05, 4.69) is 19.6 Å². The van der Waals surface area contributed by atoms with Crippen molar-refractivity contribution in [3.05, 3.63) is 47.6 Å². The maximum atomic E-state index is 15.5. The Morgan fingerprint density at radius 1 is 1.21 bits per heavy atom. The highest BCUT2D eigenvalue weighted by Gasteiger charge is 2.49. The van der Waals surface area contributed by atoms with Gasteiger partial charge in [-0.1, -0.05) is 0 Å². The lowest BCUT2D eigenvalue weighted by atomic mass is 9.98. The van der Waals surface area contributed by atoms with E-state index in [0.29, 0.717) is 12.6 Å². The SMILES string of the molecule is CC(C)Oc1cc(F)cc(F)c1-c1c(-c2cnn(C3CCNC3)c2)nc(OS(=O)(=O)C(F)(F)F)c2ccsc12. The first-order valence-corrected chi connectivity index (χ1v) is 14.0. The van der Waals surface area contributed by atoms with E-state index in [9.17, 15) is 26.0 Å². The van der Waals surface area contributed by atoms with Gasteiger partial charge in [-0.2, -0.15) is 26.7 Å². The molecule has 1 fully saturated rings. The number of alkyl halides is 3. The Hall–Kier alpha value is -3.30. The summed E-state index contributed by atoms with van der Waals surface area (Å²) in [7, 11) is -6.08. The van der Waals surface area contributed by atoms with Gasteiger partial charge in [0.1, 0.15) is 17.4 Å². The van der Waals surface area contributed by atoms with Crippen molar-refractivity contribution >= 4 is 31.5 Å². The number of benzene rings is 1. The number of aromatic nitrogens is 3. The van der Waals surface area contributed by atoms with Crippen molar-refractivity contribution in [1.82, 2.24) is 20.1 Å². The summed E-state index contributed by atoms with van der Waals surface area (Å²) in [6.07, 6.45) is 3.24. The molecule has 1 aliphatic rings. The Morgan fingerprint density at radius 3 is 2.64 bits per heavy atom. The van der Waals surface area contributed by atoms with Crippen LogP contribution < -0.4 is 14.2 Å². The molecule has 1 atom stereocenters. The minimum Gasteiger partial charge on any atom is -0.490 e. The molecule has 8 nitrogen and oxygen atoms in total. The Balaban J connectivity index is 1.81. The fourth-order valence-corrected chi connectivity index (χ4v) is 5.69. The maximum Gasteiger partial charge on any atom is 0.534 e. The van der Waals surface area contributed by atoms with Crippen molar-refractivity contribution in [3.63, 3.8) is 0 Å². The molecule has 1 aliphatic heterocycles. The first-order valence-electron chi connectivity index (χ1n) is 11.7. The topological polar surface area (TPSA) is 95.3 Å². The quantitative estimate of drug-likeness (QED) is 0.169. The molecule has 1 saturated heterocycles. The van der Waals surface area contributed by atoms with Crippen LogP contribution in [0.4, 0.5) is 22.0 Å². The molecule has 15 heteroatoms. The molecule has 0 radical (unpaired) electrons. The third-order valence-corrected chi connectivity index (χ3v) is 7.84. The predicted molar refractivity (Wildman–Crippen MR) is 134 cm³/mol. The normalized spacial score (nSPS) is 16.4. The summed E-state index contributed by atoms with van der Waals surface area (Å²) in [4.78, 5) is 4.16. The molecular weight excluding hydrogens is 567 g/mol. The average Bonchev–Trinajstić information content (AvgIpc) is 3.59. The summed E-state index contributed by atoms with van der Waals surface area (Å²) in [5, 5.41) is 8.89. The van der Waals surface area contributed by atoms with Crippen LogP contribution in [-0.2, 0) is 10.1 Å². The molecule has 208 valence electrons. The van der Waals surface area contributed by atoms with Crippen LogP contribution in [0.2, 0.25) is 0 Å². The number of hydrogen-bond acceptors (Lipinski definition) is 8. The number of nitrogens with one attached hydrogen (secondary N) is 1. The van der Waals surface area contributed by atoms with Crippen molar-refractivity contribution < 1.29 is 39.3 Å². The van der Waals surface area contributed by atoms with E-state index in [4.69, 9.17) is 4.74 Å². The Kier molecular flexibility index (Phi) is 7.01. The Bertz CT molecular complexity index is 1640. The van der Waals surface area contributed by atoms with Crippen LogP contribution in [0, 0.1) is 11.6 Å². The number of pyridine rings is 1. The molecule has 1 aromatic carbocycles. The van der Waals surface area contributed by atoms with Crippen LogP contribution in [0.15, 0.2) is 36.0 Å². The molecule has 0 spiro atoms. The number of hydrogen-bond donors (Lipinski definition) is 1. The lowest BCUT2D eigenvalue weighted by Gasteiger charge is -2.19. The van der Waals surface area contributed by atoms with Gasteiger partial charge in [0, 0.05) is 40.7 Å². The zero-order valence-corrected chi connectivity index (χ0v) is 22.1. The molecule has 0 bridgehead atoms. The first kappa shape index (κ1) is 27.3. The van der Waals surface area contributed by atoms with Gasteiger partial charge in [0.05, 0.1) is 35.0 Å². The summed E-state index contributed by atoms with van der Waals surface area (Å²) in [6.45, 7) is 4.70. The zero-order valence-electron chi connectivity index (χ0n) is 20.4. The standard InChI is InChI=1S/C24H21F5N4O4S2/c1-12(2)36-18-8-14(25)7-17(26)19(18)20-21(13-9-31-33(11-13)15-3-5-30-10-15)32-23(16-4-6-38-22(16)20)37-39(34,35)24(27,28)29/h4,6-9,11-12,15,30H,3,5,10H2,1-2H3. The molecule has 0 amide bonds. The highest BCUT2D eigenvalue weighted by Crippen LogP contribution is 2.47. The molecule has 39 heavy (non-hydrogen) atoms. The van der Waals surface area contributed by atoms with Crippen molar-refractivity contribution in [1.29, 1.82) is 0 Å². The van der Waals surface area contributed by atoms with Crippen molar-refractivity contribution in [2.75, 3.05) is 13.1 Å². The zero-order chi connectivity index (χ0) is 28.1. The van der Waals surface area contributed by atoms with Gasteiger partial charge in [0.2, 0.25) is 5.88 Å². The lowest BCUT2D eigenvalue weighted by Crippen LogP contribution is -2.28. The number of thiophene rings is 1. The van der Waals surface area contributed by atoms with Crippen LogP contribution in [0.5, 0.6) is 11.6 Å². The molecule has 4 heterocycles. The lowest BCUT2D eigenvalue weighted by molar-refractivity contribution is -0.0500. The highest BCUT2D eigenvalue weighted by atomic mass is 32.2. The summed E-state index contributed by atoms with van der Waals surface area (Å²) in [5.41, 5.74) is -5.71. The third-order valence-electron chi connectivity index (χ3n) is 5.96. The Morgan fingerprint density at radius 2 is 1.97 bits per heavy atom. The van der Waals surface area contributed by atoms with Gasteiger partial charge in [-0.15, -0.1) is 11.3 Å². The molecule has 4 aromatic rings. The van der Waals surface area contributed by atoms with E-state index in [1.807, 2.05) is 0 Å². The average molecular weight is 589 g/mol. The number of nitrogens with zero attached hydrogens (tertiary/aromatic N) is 3. The number of fused-ring (bicyclic) bond motifs is 1. The van der Waals surface area contributed by atoms with E-state index >= 15 is 4.39 Å². The fraction of sp³-hybridized carbons (Fsp3) is 0.333. The highest BCUT2D eigenvalue weighted by molar-refractivity contribution is 7.88. The van der Waals surface area contributed by atoms with Gasteiger partial charge in [-0.25, -0.2) is 13.8 Å². The second kappa shape index (κ2) is 10.0. The molecule has 5 rings (SSSR count). The number of halogens is 5. The maximum absolute atomic E-state index is 15.5. The van der Waals surface area contributed by atoms with Gasteiger partial charge < -0.3 is 14.2 Å². The van der Waals surface area contributed by atoms with E-state index in [-0.39, 0.29) is 44.3 Å². The third kappa shape index (κ3) is 5.17. The van der Waals surface area contributed by atoms with Crippen molar-refractivity contribution in [3.8, 4) is 34.0 Å². The van der Waals surface area contributed by atoms with E-state index in [0.717, 1.165) is 30.4 Å². The van der Waals surface area contributed by atoms with Crippen molar-refractivity contribution in [2.45, 2.75) is 37.9 Å². The van der Waals surface area contributed by atoms with Crippen LogP contribution >= 0.6 is 11.3 Å². The van der Waals surface area contributed by atoms with Crippen LogP contribution in [0.1, 0.15) is 26.3 Å².